The molecule has 1 atom stereocenters. The zero-order valence-corrected chi connectivity index (χ0v) is 12.3. The summed E-state index contributed by atoms with van der Waals surface area (Å²) in [7, 11) is 0. The Balaban J connectivity index is 2.54. The molecular weight excluding hydrogens is 264 g/mol. The molecule has 1 heterocycles. The molecule has 0 radical (unpaired) electrons. The van der Waals surface area contributed by atoms with E-state index >= 15 is 0 Å². The van der Waals surface area contributed by atoms with Crippen molar-refractivity contribution in [3.8, 4) is 11.8 Å². The van der Waals surface area contributed by atoms with Crippen LogP contribution in [0.25, 0.3) is 0 Å². The first-order valence-corrected chi connectivity index (χ1v) is 7.93. The Bertz CT molecular complexity index is 445. The molecular formula is C13H18N2OS2. The Morgan fingerprint density at radius 1 is 1.67 bits per heavy atom. The molecule has 0 spiro atoms. The lowest BCUT2D eigenvalue weighted by Crippen LogP contribution is -2.25. The maximum absolute atomic E-state index is 12.0. The van der Waals surface area contributed by atoms with Gasteiger partial charge in [-0.2, -0.15) is 11.8 Å². The fourth-order valence-electron chi connectivity index (χ4n) is 1.32. The van der Waals surface area contributed by atoms with E-state index in [9.17, 15) is 4.79 Å². The smallest absolute Gasteiger partial charge is 0.262 e. The molecule has 18 heavy (non-hydrogen) atoms. The predicted molar refractivity (Wildman–Crippen MR) is 80.2 cm³/mol. The lowest BCUT2D eigenvalue weighted by molar-refractivity contribution is 0.0957. The van der Waals surface area contributed by atoms with Gasteiger partial charge in [-0.1, -0.05) is 18.8 Å². The van der Waals surface area contributed by atoms with E-state index in [-0.39, 0.29) is 5.91 Å². The molecule has 0 saturated carbocycles. The van der Waals surface area contributed by atoms with E-state index in [0.717, 1.165) is 12.0 Å². The molecule has 1 aromatic rings. The van der Waals surface area contributed by atoms with E-state index in [4.69, 9.17) is 5.73 Å². The van der Waals surface area contributed by atoms with Crippen molar-refractivity contribution in [2.45, 2.75) is 18.6 Å². The van der Waals surface area contributed by atoms with Crippen molar-refractivity contribution >= 4 is 29.0 Å². The second kappa shape index (κ2) is 8.20. The van der Waals surface area contributed by atoms with Gasteiger partial charge in [0.25, 0.3) is 5.91 Å². The van der Waals surface area contributed by atoms with Crippen LogP contribution in [0.15, 0.2) is 11.4 Å². The average Bonchev–Trinajstić information content (AvgIpc) is 2.84. The van der Waals surface area contributed by atoms with Gasteiger partial charge in [0.15, 0.2) is 0 Å². The molecule has 1 unspecified atom stereocenters. The van der Waals surface area contributed by atoms with Crippen LogP contribution in [0.1, 0.15) is 28.6 Å². The summed E-state index contributed by atoms with van der Waals surface area (Å²) in [5.41, 5.74) is 6.09. The van der Waals surface area contributed by atoms with Gasteiger partial charge in [0, 0.05) is 17.4 Å². The highest BCUT2D eigenvalue weighted by Gasteiger charge is 2.11. The van der Waals surface area contributed by atoms with Crippen molar-refractivity contribution in [2.24, 2.45) is 5.73 Å². The molecule has 3 nitrogen and oxygen atoms in total. The third kappa shape index (κ3) is 4.73. The molecule has 1 amide bonds. The number of carbonyl (C=O) groups excluding carboxylic acids is 1. The summed E-state index contributed by atoms with van der Waals surface area (Å²) in [5, 5.41) is 5.36. The van der Waals surface area contributed by atoms with Gasteiger partial charge in [-0.25, -0.2) is 0 Å². The minimum Gasteiger partial charge on any atom is -0.351 e. The largest absolute Gasteiger partial charge is 0.351 e. The summed E-state index contributed by atoms with van der Waals surface area (Å²) in [6, 6.07) is 1.85. The minimum absolute atomic E-state index is 0.0420. The summed E-state index contributed by atoms with van der Waals surface area (Å²) in [6.07, 6.45) is 3.05. The van der Waals surface area contributed by atoms with Gasteiger partial charge in [0.2, 0.25) is 0 Å². The second-order valence-electron chi connectivity index (χ2n) is 3.76. The van der Waals surface area contributed by atoms with Gasteiger partial charge in [0.05, 0.1) is 6.54 Å². The molecule has 3 N–H and O–H groups in total. The lowest BCUT2D eigenvalue weighted by Gasteiger charge is -2.08. The molecule has 1 aromatic heterocycles. The van der Waals surface area contributed by atoms with Gasteiger partial charge in [-0.05, 0) is 24.1 Å². The molecule has 0 aliphatic heterocycles. The number of hydrogen-bond donors (Lipinski definition) is 2. The molecule has 0 aliphatic carbocycles. The highest BCUT2D eigenvalue weighted by atomic mass is 32.2. The Morgan fingerprint density at radius 2 is 2.44 bits per heavy atom. The zero-order chi connectivity index (χ0) is 13.4. The van der Waals surface area contributed by atoms with Crippen LogP contribution in [0.4, 0.5) is 0 Å². The van der Waals surface area contributed by atoms with Crippen molar-refractivity contribution in [1.29, 1.82) is 0 Å². The topological polar surface area (TPSA) is 55.1 Å². The molecule has 0 aromatic carbocycles. The number of thiophene rings is 1. The standard InChI is InChI=1S/C13H18N2OS2/c1-10(17-2)5-8-15-13(16)12-11(4-3-7-14)6-9-18-12/h6,9-10H,5,7-8,14H2,1-2H3,(H,15,16). The monoisotopic (exact) mass is 282 g/mol. The molecule has 0 bridgehead atoms. The van der Waals surface area contributed by atoms with Crippen LogP contribution >= 0.6 is 23.1 Å². The van der Waals surface area contributed by atoms with E-state index in [0.29, 0.717) is 23.2 Å². The highest BCUT2D eigenvalue weighted by Crippen LogP contribution is 2.15. The van der Waals surface area contributed by atoms with Crippen LogP contribution in [0.2, 0.25) is 0 Å². The van der Waals surface area contributed by atoms with Crippen molar-refractivity contribution in [3.05, 3.63) is 21.9 Å². The lowest BCUT2D eigenvalue weighted by atomic mass is 10.2. The highest BCUT2D eigenvalue weighted by molar-refractivity contribution is 7.99. The maximum Gasteiger partial charge on any atom is 0.262 e. The summed E-state index contributed by atoms with van der Waals surface area (Å²) >= 11 is 3.22. The van der Waals surface area contributed by atoms with Gasteiger partial charge < -0.3 is 11.1 Å². The quantitative estimate of drug-likeness (QED) is 0.811. The van der Waals surface area contributed by atoms with Gasteiger partial charge in [-0.3, -0.25) is 4.79 Å². The summed E-state index contributed by atoms with van der Waals surface area (Å²) in [5.74, 6) is 5.64. The molecule has 98 valence electrons. The Labute approximate surface area is 117 Å². The molecule has 0 fully saturated rings. The maximum atomic E-state index is 12.0. The second-order valence-corrected chi connectivity index (χ2v) is 5.95. The van der Waals surface area contributed by atoms with Crippen molar-refractivity contribution in [2.75, 3.05) is 19.3 Å². The van der Waals surface area contributed by atoms with Crippen LogP contribution in [-0.4, -0.2) is 30.5 Å². The van der Waals surface area contributed by atoms with Crippen molar-refractivity contribution in [1.82, 2.24) is 5.32 Å². The molecule has 5 heteroatoms. The Hall–Kier alpha value is -0.960. The summed E-state index contributed by atoms with van der Waals surface area (Å²) in [4.78, 5) is 12.6. The van der Waals surface area contributed by atoms with Gasteiger partial charge in [-0.15, -0.1) is 11.3 Å². The van der Waals surface area contributed by atoms with Crippen molar-refractivity contribution < 1.29 is 4.79 Å². The first-order chi connectivity index (χ1) is 8.69. The normalized spacial score (nSPS) is 11.5. The number of carbonyl (C=O) groups is 1. The number of thioether (sulfide) groups is 1. The van der Waals surface area contributed by atoms with Crippen LogP contribution in [0.5, 0.6) is 0 Å². The molecule has 1 rings (SSSR count). The fraction of sp³-hybridized carbons (Fsp3) is 0.462. The van der Waals surface area contributed by atoms with Crippen LogP contribution in [0, 0.1) is 11.8 Å². The van der Waals surface area contributed by atoms with E-state index in [1.165, 1.54) is 11.3 Å². The first-order valence-electron chi connectivity index (χ1n) is 5.76. The van der Waals surface area contributed by atoms with E-state index in [1.54, 1.807) is 11.8 Å². The van der Waals surface area contributed by atoms with Crippen LogP contribution < -0.4 is 11.1 Å². The third-order valence-electron chi connectivity index (χ3n) is 2.44. The van der Waals surface area contributed by atoms with Crippen LogP contribution in [0.3, 0.4) is 0 Å². The minimum atomic E-state index is -0.0420. The van der Waals surface area contributed by atoms with Crippen molar-refractivity contribution in [3.63, 3.8) is 0 Å². The first kappa shape index (κ1) is 15.1. The van der Waals surface area contributed by atoms with Gasteiger partial charge >= 0.3 is 0 Å². The number of nitrogens with one attached hydrogen (secondary N) is 1. The van der Waals surface area contributed by atoms with E-state index in [2.05, 4.69) is 30.3 Å². The molecule has 0 aliphatic rings. The zero-order valence-electron chi connectivity index (χ0n) is 10.7. The number of rotatable bonds is 5. The SMILES string of the molecule is CSC(C)CCNC(=O)c1sccc1C#CCN. The summed E-state index contributed by atoms with van der Waals surface area (Å²) in [6.45, 7) is 3.16. The van der Waals surface area contributed by atoms with E-state index in [1.807, 2.05) is 11.4 Å². The summed E-state index contributed by atoms with van der Waals surface area (Å²) < 4.78 is 0. The molecule has 0 saturated heterocycles. The Morgan fingerprint density at radius 3 is 3.11 bits per heavy atom. The predicted octanol–water partition coefficient (Wildman–Crippen LogP) is 1.93. The number of amides is 1. The fourth-order valence-corrected chi connectivity index (χ4v) is 2.44. The van der Waals surface area contributed by atoms with Crippen LogP contribution in [-0.2, 0) is 0 Å². The van der Waals surface area contributed by atoms with E-state index < -0.39 is 0 Å². The van der Waals surface area contributed by atoms with Gasteiger partial charge in [0.1, 0.15) is 4.88 Å². The third-order valence-corrected chi connectivity index (χ3v) is 4.39. The number of nitrogens with two attached hydrogens (primary N) is 1. The number of hydrogen-bond acceptors (Lipinski definition) is 4. The Kier molecular flexibility index (Phi) is 6.88. The average molecular weight is 282 g/mol.